The van der Waals surface area contributed by atoms with E-state index in [0.717, 1.165) is 11.1 Å². The third-order valence-corrected chi connectivity index (χ3v) is 2.26. The Labute approximate surface area is 106 Å². The molecule has 1 aromatic carbocycles. The monoisotopic (exact) mass is 238 g/mol. The Morgan fingerprint density at radius 3 is 2.56 bits per heavy atom. The van der Waals surface area contributed by atoms with Gasteiger partial charge in [-0.3, -0.25) is 4.98 Å². The van der Waals surface area contributed by atoms with Gasteiger partial charge >= 0.3 is 0 Å². The summed E-state index contributed by atoms with van der Waals surface area (Å²) in [6.45, 7) is 0.455. The van der Waals surface area contributed by atoms with Crippen LogP contribution in [0.5, 0.6) is 0 Å². The minimum absolute atomic E-state index is 0.455. The van der Waals surface area contributed by atoms with Gasteiger partial charge in [0.05, 0.1) is 6.21 Å². The molecule has 1 aromatic heterocycles. The Balaban J connectivity index is 1.73. The molecule has 0 bridgehead atoms. The Morgan fingerprint density at radius 2 is 1.78 bits per heavy atom. The van der Waals surface area contributed by atoms with Gasteiger partial charge in [0.25, 0.3) is 0 Å². The van der Waals surface area contributed by atoms with Crippen molar-refractivity contribution in [2.75, 3.05) is 6.61 Å². The van der Waals surface area contributed by atoms with Crippen molar-refractivity contribution in [2.45, 2.75) is 0 Å². The van der Waals surface area contributed by atoms with Gasteiger partial charge in [-0.1, -0.05) is 41.6 Å². The SMILES string of the molecule is C(=N/OC/C=C/c1ccccc1)/c1ccncc1. The molecule has 0 fully saturated rings. The maximum Gasteiger partial charge on any atom is 0.135 e. The zero-order chi connectivity index (χ0) is 12.5. The standard InChI is InChI=1S/C15H14N2O/c1-2-5-14(6-3-1)7-4-12-18-17-13-15-8-10-16-11-9-15/h1-11,13H,12H2/b7-4+,17-13-. The van der Waals surface area contributed by atoms with Crippen molar-refractivity contribution in [3.63, 3.8) is 0 Å². The van der Waals surface area contributed by atoms with E-state index in [9.17, 15) is 0 Å². The summed E-state index contributed by atoms with van der Waals surface area (Å²) in [5.74, 6) is 0. The largest absolute Gasteiger partial charge is 0.392 e. The maximum atomic E-state index is 5.12. The number of hydrogen-bond donors (Lipinski definition) is 0. The topological polar surface area (TPSA) is 34.5 Å². The lowest BCUT2D eigenvalue weighted by Crippen LogP contribution is -1.85. The molecule has 0 atom stereocenters. The van der Waals surface area contributed by atoms with Gasteiger partial charge in [0.15, 0.2) is 0 Å². The molecule has 2 aromatic rings. The van der Waals surface area contributed by atoms with Gasteiger partial charge in [0.1, 0.15) is 6.61 Å². The Hall–Kier alpha value is -2.42. The molecule has 0 aliphatic carbocycles. The molecule has 0 radical (unpaired) electrons. The van der Waals surface area contributed by atoms with Crippen molar-refractivity contribution in [1.29, 1.82) is 0 Å². The van der Waals surface area contributed by atoms with Crippen LogP contribution in [0.2, 0.25) is 0 Å². The quantitative estimate of drug-likeness (QED) is 0.455. The average molecular weight is 238 g/mol. The minimum atomic E-state index is 0.455. The number of rotatable bonds is 5. The first-order valence-corrected chi connectivity index (χ1v) is 5.72. The van der Waals surface area contributed by atoms with Crippen molar-refractivity contribution < 1.29 is 4.84 Å². The highest BCUT2D eigenvalue weighted by Gasteiger charge is 1.85. The second-order valence-corrected chi connectivity index (χ2v) is 3.62. The molecule has 0 spiro atoms. The first kappa shape index (κ1) is 12.0. The van der Waals surface area contributed by atoms with Gasteiger partial charge in [-0.25, -0.2) is 0 Å². The maximum absolute atomic E-state index is 5.12. The zero-order valence-electron chi connectivity index (χ0n) is 9.94. The van der Waals surface area contributed by atoms with E-state index in [-0.39, 0.29) is 0 Å². The molecule has 0 saturated carbocycles. The Bertz CT molecular complexity index is 457. The van der Waals surface area contributed by atoms with Crippen LogP contribution in [0.25, 0.3) is 6.08 Å². The molecule has 0 saturated heterocycles. The molecule has 3 nitrogen and oxygen atoms in total. The van der Waals surface area contributed by atoms with Crippen LogP contribution in [0, 0.1) is 0 Å². The number of pyridine rings is 1. The van der Waals surface area contributed by atoms with Crippen molar-refractivity contribution in [2.24, 2.45) is 5.16 Å². The summed E-state index contributed by atoms with van der Waals surface area (Å²) in [4.78, 5) is 9.04. The summed E-state index contributed by atoms with van der Waals surface area (Å²) >= 11 is 0. The Kier molecular flexibility index (Phi) is 4.69. The van der Waals surface area contributed by atoms with Crippen LogP contribution < -0.4 is 0 Å². The van der Waals surface area contributed by atoms with E-state index >= 15 is 0 Å². The van der Waals surface area contributed by atoms with Crippen molar-refractivity contribution >= 4 is 12.3 Å². The summed E-state index contributed by atoms with van der Waals surface area (Å²) in [6.07, 6.45) is 9.03. The van der Waals surface area contributed by atoms with E-state index in [1.807, 2.05) is 54.6 Å². The molecule has 0 aliphatic heterocycles. The lowest BCUT2D eigenvalue weighted by atomic mass is 10.2. The number of oxime groups is 1. The summed E-state index contributed by atoms with van der Waals surface area (Å²) in [6, 6.07) is 13.8. The molecular weight excluding hydrogens is 224 g/mol. The highest BCUT2D eigenvalue weighted by molar-refractivity contribution is 5.78. The predicted molar refractivity (Wildman–Crippen MR) is 73.3 cm³/mol. The van der Waals surface area contributed by atoms with Crippen molar-refractivity contribution in [3.8, 4) is 0 Å². The van der Waals surface area contributed by atoms with Gasteiger partial charge < -0.3 is 4.84 Å². The number of benzene rings is 1. The third kappa shape index (κ3) is 4.22. The average Bonchev–Trinajstić information content (AvgIpc) is 2.45. The van der Waals surface area contributed by atoms with Gasteiger partial charge in [-0.05, 0) is 29.3 Å². The van der Waals surface area contributed by atoms with Crippen LogP contribution in [0.4, 0.5) is 0 Å². The summed E-state index contributed by atoms with van der Waals surface area (Å²) in [5, 5.41) is 3.87. The van der Waals surface area contributed by atoms with E-state index in [0.29, 0.717) is 6.61 Å². The molecular formula is C15H14N2O. The fourth-order valence-electron chi connectivity index (χ4n) is 1.38. The smallest absolute Gasteiger partial charge is 0.135 e. The molecule has 3 heteroatoms. The molecule has 0 unspecified atom stereocenters. The van der Waals surface area contributed by atoms with Crippen LogP contribution >= 0.6 is 0 Å². The van der Waals surface area contributed by atoms with Crippen LogP contribution in [-0.2, 0) is 4.84 Å². The second kappa shape index (κ2) is 7.01. The normalized spacial score (nSPS) is 11.1. The van der Waals surface area contributed by atoms with Crippen molar-refractivity contribution in [3.05, 3.63) is 72.1 Å². The molecule has 90 valence electrons. The third-order valence-electron chi connectivity index (χ3n) is 2.26. The lowest BCUT2D eigenvalue weighted by Gasteiger charge is -1.94. The Morgan fingerprint density at radius 1 is 1.00 bits per heavy atom. The van der Waals surface area contributed by atoms with E-state index in [1.54, 1.807) is 18.6 Å². The van der Waals surface area contributed by atoms with Crippen LogP contribution in [-0.4, -0.2) is 17.8 Å². The van der Waals surface area contributed by atoms with E-state index in [2.05, 4.69) is 10.1 Å². The van der Waals surface area contributed by atoms with Crippen LogP contribution in [0.1, 0.15) is 11.1 Å². The van der Waals surface area contributed by atoms with Crippen LogP contribution in [0.3, 0.4) is 0 Å². The van der Waals surface area contributed by atoms with Crippen molar-refractivity contribution in [1.82, 2.24) is 4.98 Å². The highest BCUT2D eigenvalue weighted by atomic mass is 16.6. The zero-order valence-corrected chi connectivity index (χ0v) is 9.94. The summed E-state index contributed by atoms with van der Waals surface area (Å²) in [7, 11) is 0. The van der Waals surface area contributed by atoms with Gasteiger partial charge in [0.2, 0.25) is 0 Å². The molecule has 0 amide bonds. The molecule has 1 heterocycles. The predicted octanol–water partition coefficient (Wildman–Crippen LogP) is 3.15. The minimum Gasteiger partial charge on any atom is -0.392 e. The molecule has 18 heavy (non-hydrogen) atoms. The number of aromatic nitrogens is 1. The van der Waals surface area contributed by atoms with Gasteiger partial charge in [-0.15, -0.1) is 0 Å². The molecule has 0 aliphatic rings. The second-order valence-electron chi connectivity index (χ2n) is 3.62. The summed E-state index contributed by atoms with van der Waals surface area (Å²) < 4.78 is 0. The van der Waals surface area contributed by atoms with E-state index in [4.69, 9.17) is 4.84 Å². The number of nitrogens with zero attached hydrogens (tertiary/aromatic N) is 2. The molecule has 0 N–H and O–H groups in total. The van der Waals surface area contributed by atoms with E-state index in [1.165, 1.54) is 0 Å². The highest BCUT2D eigenvalue weighted by Crippen LogP contribution is 2.00. The fourth-order valence-corrected chi connectivity index (χ4v) is 1.38. The summed E-state index contributed by atoms with van der Waals surface area (Å²) in [5.41, 5.74) is 2.12. The fraction of sp³-hybridized carbons (Fsp3) is 0.0667. The van der Waals surface area contributed by atoms with Gasteiger partial charge in [0, 0.05) is 12.4 Å². The van der Waals surface area contributed by atoms with Crippen LogP contribution in [0.15, 0.2) is 66.1 Å². The first-order valence-electron chi connectivity index (χ1n) is 5.72. The lowest BCUT2D eigenvalue weighted by molar-refractivity contribution is 0.177. The van der Waals surface area contributed by atoms with Gasteiger partial charge in [-0.2, -0.15) is 0 Å². The van der Waals surface area contributed by atoms with E-state index < -0.39 is 0 Å². The number of hydrogen-bond acceptors (Lipinski definition) is 3. The molecule has 2 rings (SSSR count). The first-order chi connectivity index (χ1) is 8.95.